The molecule has 0 saturated heterocycles. The predicted molar refractivity (Wildman–Crippen MR) is 118 cm³/mol. The number of anilines is 2. The maximum Gasteiger partial charge on any atom is 0.490 e. The van der Waals surface area contributed by atoms with Crippen LogP contribution in [0.15, 0.2) is 49.2 Å². The average Bonchev–Trinajstić information content (AvgIpc) is 3.50. The highest BCUT2D eigenvalue weighted by atomic mass is 19.4. The van der Waals surface area contributed by atoms with Crippen LogP contribution in [-0.4, -0.2) is 56.8 Å². The lowest BCUT2D eigenvalue weighted by molar-refractivity contribution is -0.192. The minimum absolute atomic E-state index is 0.138. The van der Waals surface area contributed by atoms with E-state index in [9.17, 15) is 18.0 Å². The van der Waals surface area contributed by atoms with Gasteiger partial charge in [-0.2, -0.15) is 13.2 Å². The Morgan fingerprint density at radius 3 is 2.32 bits per heavy atom. The zero-order chi connectivity index (χ0) is 24.9. The highest BCUT2D eigenvalue weighted by molar-refractivity contribution is 6.04. The third-order valence-electron chi connectivity index (χ3n) is 4.81. The van der Waals surface area contributed by atoms with Crippen LogP contribution in [0.2, 0.25) is 0 Å². The van der Waals surface area contributed by atoms with Gasteiger partial charge in [-0.3, -0.25) is 9.78 Å². The molecule has 0 aromatic carbocycles. The molecule has 0 bridgehead atoms. The van der Waals surface area contributed by atoms with E-state index in [0.717, 1.165) is 17.7 Å². The van der Waals surface area contributed by atoms with Gasteiger partial charge in [0.05, 0.1) is 11.9 Å². The fourth-order valence-electron chi connectivity index (χ4n) is 2.92. The summed E-state index contributed by atoms with van der Waals surface area (Å²) in [6.45, 7) is 0.854. The van der Waals surface area contributed by atoms with E-state index < -0.39 is 12.1 Å². The maximum absolute atomic E-state index is 12.8. The van der Waals surface area contributed by atoms with Gasteiger partial charge in [0.15, 0.2) is 0 Å². The normalized spacial score (nSPS) is 13.0. The molecule has 9 nitrogen and oxygen atoms in total. The summed E-state index contributed by atoms with van der Waals surface area (Å²) < 4.78 is 33.8. The number of carboxylic acids is 1. The van der Waals surface area contributed by atoms with Crippen LogP contribution in [0.25, 0.3) is 11.1 Å². The molecule has 4 rings (SSSR count). The molecule has 1 fully saturated rings. The molecule has 1 amide bonds. The van der Waals surface area contributed by atoms with Crippen molar-refractivity contribution in [2.24, 2.45) is 5.92 Å². The molecule has 12 heteroatoms. The summed E-state index contributed by atoms with van der Waals surface area (Å²) in [5.74, 6) is -1.58. The fourth-order valence-corrected chi connectivity index (χ4v) is 2.92. The molecule has 0 spiro atoms. The summed E-state index contributed by atoms with van der Waals surface area (Å²) in [6, 6.07) is 5.53. The number of carboxylic acid groups (broad SMARTS) is 1. The van der Waals surface area contributed by atoms with Crippen molar-refractivity contribution in [3.8, 4) is 11.1 Å². The van der Waals surface area contributed by atoms with Crippen LogP contribution in [0, 0.1) is 5.92 Å². The van der Waals surface area contributed by atoms with E-state index in [-0.39, 0.29) is 5.91 Å². The molecular weight excluding hydrogens is 453 g/mol. The van der Waals surface area contributed by atoms with Gasteiger partial charge < -0.3 is 19.9 Å². The molecule has 1 aliphatic carbocycles. The quantitative estimate of drug-likeness (QED) is 0.558. The third-order valence-corrected chi connectivity index (χ3v) is 4.81. The summed E-state index contributed by atoms with van der Waals surface area (Å²) >= 11 is 0. The number of amides is 1. The summed E-state index contributed by atoms with van der Waals surface area (Å²) in [5, 5.41) is 10.0. The Balaban J connectivity index is 0.000000406. The molecule has 3 aromatic rings. The van der Waals surface area contributed by atoms with Gasteiger partial charge in [0.1, 0.15) is 5.69 Å². The summed E-state index contributed by atoms with van der Waals surface area (Å²) in [4.78, 5) is 36.4. The number of alkyl halides is 3. The number of pyridine rings is 1. The lowest BCUT2D eigenvalue weighted by atomic mass is 10.2. The number of carbonyl (C=O) groups excluding carboxylic acids is 1. The topological polar surface area (TPSA) is 113 Å². The molecule has 0 unspecified atom stereocenters. The predicted octanol–water partition coefficient (Wildman–Crippen LogP) is 3.70. The van der Waals surface area contributed by atoms with Crippen molar-refractivity contribution in [1.29, 1.82) is 0 Å². The van der Waals surface area contributed by atoms with E-state index in [1.54, 1.807) is 30.9 Å². The van der Waals surface area contributed by atoms with Crippen LogP contribution in [-0.2, 0) is 11.3 Å². The second-order valence-electron chi connectivity index (χ2n) is 7.87. The number of halogens is 3. The first-order valence-corrected chi connectivity index (χ1v) is 10.3. The number of hydrogen-bond acceptors (Lipinski definition) is 6. The average molecular weight is 476 g/mol. The van der Waals surface area contributed by atoms with Crippen LogP contribution in [0.4, 0.5) is 24.8 Å². The van der Waals surface area contributed by atoms with E-state index in [0.29, 0.717) is 23.2 Å². The minimum Gasteiger partial charge on any atom is -0.475 e. The van der Waals surface area contributed by atoms with Gasteiger partial charge in [0.25, 0.3) is 5.91 Å². The van der Waals surface area contributed by atoms with Gasteiger partial charge in [0, 0.05) is 56.6 Å². The van der Waals surface area contributed by atoms with Crippen molar-refractivity contribution >= 4 is 23.5 Å². The second-order valence-corrected chi connectivity index (χ2v) is 7.87. The molecule has 0 aliphatic heterocycles. The van der Waals surface area contributed by atoms with E-state index in [1.165, 1.54) is 12.8 Å². The lowest BCUT2D eigenvalue weighted by Crippen LogP contribution is -2.21. The van der Waals surface area contributed by atoms with E-state index >= 15 is 0 Å². The third kappa shape index (κ3) is 6.77. The van der Waals surface area contributed by atoms with Crippen molar-refractivity contribution in [3.05, 3.63) is 54.9 Å². The standard InChI is InChI=1S/C20H22N6O.C2HF3O2/c1-25(2)20-22-9-16(10-23-20)15-8-18(26(13-15)12-14-5-6-14)19(27)24-17-4-3-7-21-11-17;3-2(4,5)1(6)7/h3-4,7-11,13-14H,5-6,12H2,1-2H3,(H,24,27);(H,6,7). The van der Waals surface area contributed by atoms with Crippen LogP contribution in [0.3, 0.4) is 0 Å². The Morgan fingerprint density at radius 1 is 1.18 bits per heavy atom. The van der Waals surface area contributed by atoms with Crippen molar-refractivity contribution in [1.82, 2.24) is 19.5 Å². The zero-order valence-corrected chi connectivity index (χ0v) is 18.5. The van der Waals surface area contributed by atoms with Crippen molar-refractivity contribution in [3.63, 3.8) is 0 Å². The summed E-state index contributed by atoms with van der Waals surface area (Å²) in [5.41, 5.74) is 3.15. The van der Waals surface area contributed by atoms with Gasteiger partial charge in [-0.15, -0.1) is 0 Å². The molecule has 0 radical (unpaired) electrons. The molecule has 0 atom stereocenters. The molecule has 34 heavy (non-hydrogen) atoms. The Bertz CT molecular complexity index is 1130. The fraction of sp³-hybridized carbons (Fsp3) is 0.318. The number of nitrogens with zero attached hydrogens (tertiary/aromatic N) is 5. The van der Waals surface area contributed by atoms with Gasteiger partial charge in [-0.05, 0) is 37.0 Å². The van der Waals surface area contributed by atoms with E-state index in [4.69, 9.17) is 9.90 Å². The minimum atomic E-state index is -5.08. The van der Waals surface area contributed by atoms with Crippen LogP contribution < -0.4 is 10.2 Å². The molecule has 3 heterocycles. The van der Waals surface area contributed by atoms with E-state index in [1.807, 2.05) is 41.9 Å². The van der Waals surface area contributed by atoms with Crippen LogP contribution in [0.1, 0.15) is 23.3 Å². The molecular formula is C22H23F3N6O3. The van der Waals surface area contributed by atoms with E-state index in [2.05, 4.69) is 20.3 Å². The Morgan fingerprint density at radius 2 is 1.82 bits per heavy atom. The lowest BCUT2D eigenvalue weighted by Gasteiger charge is -2.09. The highest BCUT2D eigenvalue weighted by Gasteiger charge is 2.38. The largest absolute Gasteiger partial charge is 0.490 e. The SMILES string of the molecule is CN(C)c1ncc(-c2cc(C(=O)Nc3cccnc3)n(CC3CC3)c2)cn1.O=C(O)C(F)(F)F. The highest BCUT2D eigenvalue weighted by Crippen LogP contribution is 2.32. The molecule has 1 aliphatic rings. The van der Waals surface area contributed by atoms with Gasteiger partial charge in [0.2, 0.25) is 5.95 Å². The first-order chi connectivity index (χ1) is 16.0. The summed E-state index contributed by atoms with van der Waals surface area (Å²) in [6.07, 6.45) is 6.28. The first-order valence-electron chi connectivity index (χ1n) is 10.3. The number of carbonyl (C=O) groups is 2. The molecule has 180 valence electrons. The number of rotatable bonds is 6. The van der Waals surface area contributed by atoms with Gasteiger partial charge in [-0.1, -0.05) is 0 Å². The number of aromatic nitrogens is 4. The monoisotopic (exact) mass is 476 g/mol. The van der Waals surface area contributed by atoms with Gasteiger partial charge in [-0.25, -0.2) is 14.8 Å². The van der Waals surface area contributed by atoms with Crippen molar-refractivity contribution < 1.29 is 27.9 Å². The van der Waals surface area contributed by atoms with Crippen molar-refractivity contribution in [2.45, 2.75) is 25.6 Å². The van der Waals surface area contributed by atoms with Crippen LogP contribution >= 0.6 is 0 Å². The molecule has 3 aromatic heterocycles. The van der Waals surface area contributed by atoms with Gasteiger partial charge >= 0.3 is 12.1 Å². The Hall–Kier alpha value is -3.96. The smallest absolute Gasteiger partial charge is 0.475 e. The Kier molecular flexibility index (Phi) is 7.49. The zero-order valence-electron chi connectivity index (χ0n) is 18.5. The van der Waals surface area contributed by atoms with Crippen LogP contribution in [0.5, 0.6) is 0 Å². The number of aliphatic carboxylic acids is 1. The molecule has 1 saturated carbocycles. The maximum atomic E-state index is 12.8. The first kappa shape index (κ1) is 24.7. The second kappa shape index (κ2) is 10.3. The molecule has 2 N–H and O–H groups in total. The van der Waals surface area contributed by atoms with Crippen molar-refractivity contribution in [2.75, 3.05) is 24.3 Å². The summed E-state index contributed by atoms with van der Waals surface area (Å²) in [7, 11) is 3.81. The number of hydrogen-bond donors (Lipinski definition) is 2. The number of nitrogens with one attached hydrogen (secondary N) is 1. The Labute approximate surface area is 193 Å².